The van der Waals surface area contributed by atoms with Gasteiger partial charge in [-0.2, -0.15) is 0 Å². The van der Waals surface area contributed by atoms with Gasteiger partial charge in [0.15, 0.2) is 0 Å². The second kappa shape index (κ2) is 6.26. The summed E-state index contributed by atoms with van der Waals surface area (Å²) in [6.07, 6.45) is 2.46. The Kier molecular flexibility index (Phi) is 4.42. The van der Waals surface area contributed by atoms with E-state index in [4.69, 9.17) is 0 Å². The predicted octanol–water partition coefficient (Wildman–Crippen LogP) is 2.94. The zero-order chi connectivity index (χ0) is 12.8. The summed E-state index contributed by atoms with van der Waals surface area (Å²) in [7, 11) is 0. The van der Waals surface area contributed by atoms with Crippen molar-refractivity contribution in [3.05, 3.63) is 65.7 Å². The lowest BCUT2D eigenvalue weighted by molar-refractivity contribution is 0.522. The maximum Gasteiger partial charge on any atom is 0.126 e. The lowest BCUT2D eigenvalue weighted by atomic mass is 10.1. The minimum atomic E-state index is -0.135. The van der Waals surface area contributed by atoms with Gasteiger partial charge in [-0.1, -0.05) is 24.3 Å². The second-order valence-electron chi connectivity index (χ2n) is 4.40. The van der Waals surface area contributed by atoms with Gasteiger partial charge in [0.2, 0.25) is 0 Å². The normalized spacial score (nSPS) is 12.3. The third-order valence-corrected chi connectivity index (χ3v) is 2.84. The molecule has 0 saturated carbocycles. The molecule has 0 aliphatic heterocycles. The number of rotatable bonds is 5. The number of aromatic nitrogens is 1. The summed E-state index contributed by atoms with van der Waals surface area (Å²) < 4.78 is 13.5. The first-order valence-electron chi connectivity index (χ1n) is 6.12. The maximum atomic E-state index is 13.5. The van der Waals surface area contributed by atoms with Gasteiger partial charge in [0.1, 0.15) is 5.82 Å². The van der Waals surface area contributed by atoms with Crippen LogP contribution in [0.25, 0.3) is 0 Å². The molecule has 0 aliphatic carbocycles. The fraction of sp³-hybridized carbons (Fsp3) is 0.267. The molecule has 0 unspecified atom stereocenters. The highest BCUT2D eigenvalue weighted by Gasteiger charge is 2.07. The van der Waals surface area contributed by atoms with Crippen LogP contribution in [0.1, 0.15) is 18.2 Å². The van der Waals surface area contributed by atoms with Crippen molar-refractivity contribution in [3.63, 3.8) is 0 Å². The second-order valence-corrected chi connectivity index (χ2v) is 4.40. The van der Waals surface area contributed by atoms with Gasteiger partial charge in [0.05, 0.1) is 5.69 Å². The predicted molar refractivity (Wildman–Crippen MR) is 70.6 cm³/mol. The van der Waals surface area contributed by atoms with Crippen molar-refractivity contribution in [2.75, 3.05) is 0 Å². The van der Waals surface area contributed by atoms with Crippen molar-refractivity contribution >= 4 is 0 Å². The third-order valence-electron chi connectivity index (χ3n) is 2.84. The van der Waals surface area contributed by atoms with Crippen molar-refractivity contribution in [2.24, 2.45) is 0 Å². The molecule has 2 aromatic rings. The number of hydrogen-bond donors (Lipinski definition) is 1. The van der Waals surface area contributed by atoms with Gasteiger partial charge < -0.3 is 5.32 Å². The minimum absolute atomic E-state index is 0.135. The topological polar surface area (TPSA) is 24.9 Å². The molecular weight excluding hydrogens is 227 g/mol. The van der Waals surface area contributed by atoms with Gasteiger partial charge in [-0.3, -0.25) is 4.98 Å². The Morgan fingerprint density at radius 1 is 1.17 bits per heavy atom. The van der Waals surface area contributed by atoms with E-state index in [0.29, 0.717) is 13.0 Å². The van der Waals surface area contributed by atoms with E-state index in [2.05, 4.69) is 17.2 Å². The fourth-order valence-electron chi connectivity index (χ4n) is 1.85. The summed E-state index contributed by atoms with van der Waals surface area (Å²) in [5.41, 5.74) is 1.75. The van der Waals surface area contributed by atoms with Crippen molar-refractivity contribution in [2.45, 2.75) is 25.9 Å². The number of benzene rings is 1. The largest absolute Gasteiger partial charge is 0.308 e. The maximum absolute atomic E-state index is 13.5. The first-order chi connectivity index (χ1) is 8.75. The summed E-state index contributed by atoms with van der Waals surface area (Å²) in [6, 6.07) is 13.0. The smallest absolute Gasteiger partial charge is 0.126 e. The lowest BCUT2D eigenvalue weighted by Crippen LogP contribution is -2.28. The molecule has 2 rings (SSSR count). The van der Waals surface area contributed by atoms with Crippen LogP contribution in [0.4, 0.5) is 4.39 Å². The summed E-state index contributed by atoms with van der Waals surface area (Å²) in [4.78, 5) is 4.24. The Balaban J connectivity index is 1.86. The SMILES string of the molecule is C[C@@H](Cc1ccccc1F)NCc1ccccn1. The van der Waals surface area contributed by atoms with Crippen LogP contribution in [0, 0.1) is 5.82 Å². The summed E-state index contributed by atoms with van der Waals surface area (Å²) in [5.74, 6) is -0.135. The molecule has 94 valence electrons. The van der Waals surface area contributed by atoms with Crippen LogP contribution in [0.5, 0.6) is 0 Å². The Labute approximate surface area is 107 Å². The molecule has 1 N–H and O–H groups in total. The monoisotopic (exact) mass is 244 g/mol. The molecule has 1 aromatic heterocycles. The van der Waals surface area contributed by atoms with Crippen LogP contribution in [0.3, 0.4) is 0 Å². The lowest BCUT2D eigenvalue weighted by Gasteiger charge is -2.14. The van der Waals surface area contributed by atoms with E-state index in [1.54, 1.807) is 12.3 Å². The number of hydrogen-bond acceptors (Lipinski definition) is 2. The highest BCUT2D eigenvalue weighted by atomic mass is 19.1. The van der Waals surface area contributed by atoms with Gasteiger partial charge in [-0.15, -0.1) is 0 Å². The molecular formula is C15H17FN2. The summed E-state index contributed by atoms with van der Waals surface area (Å²) in [5, 5.41) is 3.35. The van der Waals surface area contributed by atoms with Gasteiger partial charge in [0.25, 0.3) is 0 Å². The average Bonchev–Trinajstić information content (AvgIpc) is 2.40. The van der Waals surface area contributed by atoms with E-state index >= 15 is 0 Å². The first kappa shape index (κ1) is 12.7. The quantitative estimate of drug-likeness (QED) is 0.874. The number of halogens is 1. The zero-order valence-electron chi connectivity index (χ0n) is 10.4. The molecule has 0 radical (unpaired) electrons. The van der Waals surface area contributed by atoms with Gasteiger partial charge in [0, 0.05) is 18.8 Å². The van der Waals surface area contributed by atoms with Crippen LogP contribution in [-0.4, -0.2) is 11.0 Å². The Morgan fingerprint density at radius 2 is 1.94 bits per heavy atom. The number of pyridine rings is 1. The van der Waals surface area contributed by atoms with Crippen LogP contribution in [0.15, 0.2) is 48.7 Å². The standard InChI is InChI=1S/C15H17FN2/c1-12(10-13-6-2-3-8-15(13)16)18-11-14-7-4-5-9-17-14/h2-9,12,18H,10-11H2,1H3/t12-/m0/s1. The molecule has 3 heteroatoms. The highest BCUT2D eigenvalue weighted by molar-refractivity contribution is 5.18. The molecule has 0 bridgehead atoms. The zero-order valence-corrected chi connectivity index (χ0v) is 10.4. The molecule has 1 atom stereocenters. The molecule has 18 heavy (non-hydrogen) atoms. The molecule has 0 saturated heterocycles. The van der Waals surface area contributed by atoms with E-state index in [1.807, 2.05) is 30.3 Å². The molecule has 1 heterocycles. The summed E-state index contributed by atoms with van der Waals surface area (Å²) >= 11 is 0. The van der Waals surface area contributed by atoms with Gasteiger partial charge in [-0.05, 0) is 37.1 Å². The Morgan fingerprint density at radius 3 is 2.67 bits per heavy atom. The molecule has 2 nitrogen and oxygen atoms in total. The summed E-state index contributed by atoms with van der Waals surface area (Å²) in [6.45, 7) is 2.76. The van der Waals surface area contributed by atoms with Crippen molar-refractivity contribution in [3.8, 4) is 0 Å². The van der Waals surface area contributed by atoms with Crippen LogP contribution >= 0.6 is 0 Å². The molecule has 1 aromatic carbocycles. The van der Waals surface area contributed by atoms with E-state index in [9.17, 15) is 4.39 Å². The van der Waals surface area contributed by atoms with Gasteiger partial charge in [-0.25, -0.2) is 4.39 Å². The first-order valence-corrected chi connectivity index (χ1v) is 6.12. The molecule has 0 aliphatic rings. The van der Waals surface area contributed by atoms with E-state index < -0.39 is 0 Å². The molecule has 0 spiro atoms. The van der Waals surface area contributed by atoms with Crippen LogP contribution in [-0.2, 0) is 13.0 Å². The van der Waals surface area contributed by atoms with Crippen molar-refractivity contribution in [1.29, 1.82) is 0 Å². The van der Waals surface area contributed by atoms with E-state index in [1.165, 1.54) is 6.07 Å². The number of nitrogens with zero attached hydrogens (tertiary/aromatic N) is 1. The van der Waals surface area contributed by atoms with E-state index in [-0.39, 0.29) is 11.9 Å². The van der Waals surface area contributed by atoms with Crippen LogP contribution < -0.4 is 5.32 Å². The molecule has 0 fully saturated rings. The van der Waals surface area contributed by atoms with Crippen LogP contribution in [0.2, 0.25) is 0 Å². The Hall–Kier alpha value is -1.74. The minimum Gasteiger partial charge on any atom is -0.308 e. The molecule has 0 amide bonds. The third kappa shape index (κ3) is 3.64. The van der Waals surface area contributed by atoms with Gasteiger partial charge >= 0.3 is 0 Å². The average molecular weight is 244 g/mol. The highest BCUT2D eigenvalue weighted by Crippen LogP contribution is 2.09. The fourth-order valence-corrected chi connectivity index (χ4v) is 1.85. The van der Waals surface area contributed by atoms with Crippen molar-refractivity contribution in [1.82, 2.24) is 10.3 Å². The van der Waals surface area contributed by atoms with E-state index in [0.717, 1.165) is 11.3 Å². The van der Waals surface area contributed by atoms with Crippen molar-refractivity contribution < 1.29 is 4.39 Å². The number of nitrogens with one attached hydrogen (secondary N) is 1. The Bertz CT molecular complexity index is 485.